The Morgan fingerprint density at radius 2 is 2.10 bits per heavy atom. The van der Waals surface area contributed by atoms with Crippen LogP contribution in [0.1, 0.15) is 18.9 Å². The molecule has 0 atom stereocenters. The summed E-state index contributed by atoms with van der Waals surface area (Å²) >= 11 is 0. The van der Waals surface area contributed by atoms with Crippen LogP contribution in [0, 0.1) is 28.9 Å². The number of rotatable bonds is 5. The average Bonchev–Trinajstić information content (AvgIpc) is 2.34. The quantitative estimate of drug-likeness (QED) is 0.274. The number of hydrogen-bond acceptors (Lipinski definition) is 5. The summed E-state index contributed by atoms with van der Waals surface area (Å²) in [6.45, 7) is 3.35. The Labute approximate surface area is 121 Å². The molecular weight excluding hydrogens is 306 g/mol. The lowest BCUT2D eigenvalue weighted by Crippen LogP contribution is -2.04. The molecule has 20 heavy (non-hydrogen) atoms. The number of ether oxygens (including phenoxy) is 1. The molecule has 0 aliphatic carbocycles. The predicted octanol–water partition coefficient (Wildman–Crippen LogP) is 2.62. The maximum atomic E-state index is 11.5. The van der Waals surface area contributed by atoms with Gasteiger partial charge in [0.25, 0.3) is 14.7 Å². The SMILES string of the molecule is CC#CCCOc1c(C)cc([N+](=O)[O-])cc1S(=O)(=O)Cl. The third kappa shape index (κ3) is 4.11. The fraction of sp³-hybridized carbons (Fsp3) is 0.333. The molecule has 8 heteroatoms. The van der Waals surface area contributed by atoms with Crippen molar-refractivity contribution in [1.82, 2.24) is 0 Å². The fourth-order valence-electron chi connectivity index (χ4n) is 1.52. The summed E-state index contributed by atoms with van der Waals surface area (Å²) in [5, 5.41) is 10.8. The van der Waals surface area contributed by atoms with E-state index < -0.39 is 18.9 Å². The second-order valence-electron chi connectivity index (χ2n) is 3.81. The van der Waals surface area contributed by atoms with E-state index in [-0.39, 0.29) is 18.0 Å². The lowest BCUT2D eigenvalue weighted by molar-refractivity contribution is -0.385. The van der Waals surface area contributed by atoms with Gasteiger partial charge in [-0.1, -0.05) is 0 Å². The Morgan fingerprint density at radius 3 is 2.60 bits per heavy atom. The second-order valence-corrected chi connectivity index (χ2v) is 6.34. The first kappa shape index (κ1) is 16.3. The number of nitro benzene ring substituents is 1. The van der Waals surface area contributed by atoms with Crippen LogP contribution in [0.15, 0.2) is 17.0 Å². The Bertz CT molecular complexity index is 688. The molecule has 0 aromatic heterocycles. The van der Waals surface area contributed by atoms with Crippen molar-refractivity contribution in [3.63, 3.8) is 0 Å². The Morgan fingerprint density at radius 1 is 1.45 bits per heavy atom. The number of benzene rings is 1. The highest BCUT2D eigenvalue weighted by molar-refractivity contribution is 8.13. The summed E-state index contributed by atoms with van der Waals surface area (Å²) in [7, 11) is 1.15. The van der Waals surface area contributed by atoms with Gasteiger partial charge in [-0.3, -0.25) is 10.1 Å². The average molecular weight is 318 g/mol. The molecule has 0 aliphatic rings. The largest absolute Gasteiger partial charge is 0.491 e. The zero-order valence-electron chi connectivity index (χ0n) is 10.8. The first-order chi connectivity index (χ1) is 9.27. The van der Waals surface area contributed by atoms with Crippen molar-refractivity contribution in [1.29, 1.82) is 0 Å². The molecule has 0 saturated heterocycles. The van der Waals surface area contributed by atoms with E-state index >= 15 is 0 Å². The van der Waals surface area contributed by atoms with Gasteiger partial charge in [0, 0.05) is 29.2 Å². The van der Waals surface area contributed by atoms with Gasteiger partial charge in [-0.25, -0.2) is 8.42 Å². The van der Waals surface area contributed by atoms with Crippen LogP contribution in [0.2, 0.25) is 0 Å². The van der Waals surface area contributed by atoms with Crippen molar-refractivity contribution < 1.29 is 18.1 Å². The maximum Gasteiger partial charge on any atom is 0.271 e. The van der Waals surface area contributed by atoms with Crippen LogP contribution >= 0.6 is 10.7 Å². The minimum Gasteiger partial charge on any atom is -0.491 e. The van der Waals surface area contributed by atoms with Gasteiger partial charge in [-0.05, 0) is 19.4 Å². The molecule has 0 N–H and O–H groups in total. The van der Waals surface area contributed by atoms with E-state index in [2.05, 4.69) is 11.8 Å². The van der Waals surface area contributed by atoms with Crippen molar-refractivity contribution >= 4 is 25.4 Å². The first-order valence-electron chi connectivity index (χ1n) is 5.53. The Balaban J connectivity index is 3.26. The number of hydrogen-bond donors (Lipinski definition) is 0. The van der Waals surface area contributed by atoms with Crippen LogP contribution in [0.3, 0.4) is 0 Å². The monoisotopic (exact) mass is 317 g/mol. The van der Waals surface area contributed by atoms with Crippen LogP contribution < -0.4 is 4.74 Å². The highest BCUT2D eigenvalue weighted by Crippen LogP contribution is 2.34. The Kier molecular flexibility index (Phi) is 5.36. The molecule has 1 rings (SSSR count). The predicted molar refractivity (Wildman–Crippen MR) is 74.4 cm³/mol. The summed E-state index contributed by atoms with van der Waals surface area (Å²) in [6, 6.07) is 2.11. The number of aryl methyl sites for hydroxylation is 1. The van der Waals surface area contributed by atoms with Crippen molar-refractivity contribution in [2.45, 2.75) is 25.2 Å². The van der Waals surface area contributed by atoms with Gasteiger partial charge in [-0.2, -0.15) is 0 Å². The molecule has 0 saturated carbocycles. The summed E-state index contributed by atoms with van der Waals surface area (Å²) in [5.74, 6) is 5.45. The maximum absolute atomic E-state index is 11.5. The molecule has 0 unspecified atom stereocenters. The zero-order valence-corrected chi connectivity index (χ0v) is 12.4. The van der Waals surface area contributed by atoms with Crippen LogP contribution in [-0.2, 0) is 9.05 Å². The molecule has 0 heterocycles. The minimum atomic E-state index is -4.15. The van der Waals surface area contributed by atoms with Gasteiger partial charge < -0.3 is 4.74 Å². The lowest BCUT2D eigenvalue weighted by Gasteiger charge is -2.11. The van der Waals surface area contributed by atoms with E-state index in [9.17, 15) is 18.5 Å². The normalized spacial score (nSPS) is 10.6. The second kappa shape index (κ2) is 6.59. The smallest absolute Gasteiger partial charge is 0.271 e. The topological polar surface area (TPSA) is 86.5 Å². The van der Waals surface area contributed by atoms with E-state index in [4.69, 9.17) is 15.4 Å². The molecule has 1 aromatic rings. The molecule has 0 bridgehead atoms. The molecule has 0 spiro atoms. The van der Waals surface area contributed by atoms with Crippen molar-refractivity contribution in [2.75, 3.05) is 6.61 Å². The van der Waals surface area contributed by atoms with E-state index in [1.54, 1.807) is 6.92 Å². The zero-order chi connectivity index (χ0) is 15.3. The minimum absolute atomic E-state index is 0.0171. The first-order valence-corrected chi connectivity index (χ1v) is 7.84. The van der Waals surface area contributed by atoms with E-state index in [1.807, 2.05) is 0 Å². The van der Waals surface area contributed by atoms with E-state index in [0.29, 0.717) is 12.0 Å². The number of nitro groups is 1. The molecule has 6 nitrogen and oxygen atoms in total. The van der Waals surface area contributed by atoms with Crippen LogP contribution in [0.5, 0.6) is 5.75 Å². The highest BCUT2D eigenvalue weighted by Gasteiger charge is 2.23. The van der Waals surface area contributed by atoms with Crippen molar-refractivity contribution in [3.05, 3.63) is 27.8 Å². The third-order valence-corrected chi connectivity index (χ3v) is 3.68. The van der Waals surface area contributed by atoms with Crippen LogP contribution in [0.4, 0.5) is 5.69 Å². The van der Waals surface area contributed by atoms with Crippen LogP contribution in [0.25, 0.3) is 0 Å². The molecule has 1 aromatic carbocycles. The molecular formula is C12H12ClNO5S. The number of nitrogens with zero attached hydrogens (tertiary/aromatic N) is 1. The van der Waals surface area contributed by atoms with Gasteiger partial charge in [0.15, 0.2) is 0 Å². The molecule has 0 aliphatic heterocycles. The van der Waals surface area contributed by atoms with E-state index in [0.717, 1.165) is 6.07 Å². The fourth-order valence-corrected chi connectivity index (χ4v) is 2.57. The van der Waals surface area contributed by atoms with Gasteiger partial charge in [0.05, 0.1) is 11.5 Å². The summed E-state index contributed by atoms with van der Waals surface area (Å²) < 4.78 is 28.4. The van der Waals surface area contributed by atoms with Crippen LogP contribution in [-0.4, -0.2) is 19.9 Å². The summed E-state index contributed by atoms with van der Waals surface area (Å²) in [6.07, 6.45) is 0.411. The molecule has 0 radical (unpaired) electrons. The van der Waals surface area contributed by atoms with Gasteiger partial charge in [0.2, 0.25) is 0 Å². The summed E-state index contributed by atoms with van der Waals surface area (Å²) in [4.78, 5) is 9.65. The lowest BCUT2D eigenvalue weighted by atomic mass is 10.2. The number of non-ortho nitro benzene ring substituents is 1. The van der Waals surface area contributed by atoms with Crippen molar-refractivity contribution in [2.24, 2.45) is 0 Å². The number of halogens is 1. The highest BCUT2D eigenvalue weighted by atomic mass is 35.7. The third-order valence-electron chi connectivity index (χ3n) is 2.35. The molecule has 0 amide bonds. The van der Waals surface area contributed by atoms with Crippen molar-refractivity contribution in [3.8, 4) is 17.6 Å². The van der Waals surface area contributed by atoms with E-state index in [1.165, 1.54) is 13.0 Å². The van der Waals surface area contributed by atoms with Gasteiger partial charge in [-0.15, -0.1) is 11.8 Å². The molecule has 0 fully saturated rings. The summed E-state index contributed by atoms with van der Waals surface area (Å²) in [5.41, 5.74) is -0.0368. The standard InChI is InChI=1S/C12H12ClNO5S/c1-3-4-5-6-19-12-9(2)7-10(14(15)16)8-11(12)20(13,17)18/h7-8H,5-6H2,1-2H3. The van der Waals surface area contributed by atoms with Gasteiger partial charge >= 0.3 is 0 Å². The van der Waals surface area contributed by atoms with Gasteiger partial charge in [0.1, 0.15) is 10.6 Å². The Hall–Kier alpha value is -1.78. The molecule has 108 valence electrons.